The van der Waals surface area contributed by atoms with E-state index in [2.05, 4.69) is 289 Å². The molecule has 0 saturated carbocycles. The van der Waals surface area contributed by atoms with Crippen LogP contribution in [0.3, 0.4) is 0 Å². The van der Waals surface area contributed by atoms with E-state index in [1.807, 2.05) is 0 Å². The van der Waals surface area contributed by atoms with E-state index in [0.29, 0.717) is 0 Å². The summed E-state index contributed by atoms with van der Waals surface area (Å²) in [7, 11) is 0. The average molecular weight is 879 g/mol. The molecule has 0 aliphatic heterocycles. The highest BCUT2D eigenvalue weighted by atomic mass is 15.1. The largest absolute Gasteiger partial charge is 0.310 e. The highest BCUT2D eigenvalue weighted by Crippen LogP contribution is 2.57. The number of hydrogen-bond donors (Lipinski definition) is 0. The molecule has 0 saturated heterocycles. The van der Waals surface area contributed by atoms with Gasteiger partial charge >= 0.3 is 0 Å². The minimum absolute atomic E-state index is 0.512. The first-order valence-electron chi connectivity index (χ1n) is 23.8. The van der Waals surface area contributed by atoms with Crippen molar-refractivity contribution in [1.82, 2.24) is 4.57 Å². The van der Waals surface area contributed by atoms with Crippen molar-refractivity contribution in [3.63, 3.8) is 0 Å². The Balaban J connectivity index is 0.935. The molecule has 12 aromatic rings. The lowest BCUT2D eigenvalue weighted by Crippen LogP contribution is -2.28. The van der Waals surface area contributed by atoms with E-state index in [9.17, 15) is 0 Å². The fraction of sp³-hybridized carbons (Fsp3) is 0.0149. The van der Waals surface area contributed by atoms with Crippen molar-refractivity contribution in [2.75, 3.05) is 4.90 Å². The second-order valence-corrected chi connectivity index (χ2v) is 18.0. The quantitative estimate of drug-likeness (QED) is 0.140. The lowest BCUT2D eigenvalue weighted by molar-refractivity contribution is 0.768. The Labute approximate surface area is 403 Å². The van der Waals surface area contributed by atoms with Crippen molar-refractivity contribution in [3.05, 3.63) is 301 Å². The van der Waals surface area contributed by atoms with Gasteiger partial charge in [0, 0.05) is 33.4 Å². The average Bonchev–Trinajstić information content (AvgIpc) is 3.93. The van der Waals surface area contributed by atoms with Crippen molar-refractivity contribution in [1.29, 1.82) is 0 Å². The number of rotatable bonds is 9. The number of fused-ring (bicyclic) bond motifs is 6. The molecule has 0 fully saturated rings. The first-order chi connectivity index (χ1) is 34.2. The molecular weight excluding hydrogens is 833 g/mol. The van der Waals surface area contributed by atoms with Gasteiger partial charge < -0.3 is 9.47 Å². The molecule has 13 rings (SSSR count). The molecule has 0 spiro atoms. The Morgan fingerprint density at radius 1 is 0.275 bits per heavy atom. The second kappa shape index (κ2) is 16.7. The molecule has 1 aliphatic carbocycles. The smallest absolute Gasteiger partial charge is 0.0714 e. The predicted octanol–water partition coefficient (Wildman–Crippen LogP) is 17.6. The molecule has 0 radical (unpaired) electrons. The van der Waals surface area contributed by atoms with Crippen LogP contribution in [0.15, 0.2) is 279 Å². The summed E-state index contributed by atoms with van der Waals surface area (Å²) in [6.45, 7) is 0. The lowest BCUT2D eigenvalue weighted by Gasteiger charge is -2.35. The number of nitrogens with zero attached hydrogens (tertiary/aromatic N) is 2. The van der Waals surface area contributed by atoms with Gasteiger partial charge in [-0.1, -0.05) is 218 Å². The van der Waals surface area contributed by atoms with Crippen molar-refractivity contribution >= 4 is 38.9 Å². The van der Waals surface area contributed by atoms with Crippen LogP contribution in [-0.4, -0.2) is 4.57 Å². The van der Waals surface area contributed by atoms with Gasteiger partial charge in [-0.05, 0) is 122 Å². The highest BCUT2D eigenvalue weighted by molar-refractivity contribution is 6.09. The van der Waals surface area contributed by atoms with Crippen molar-refractivity contribution in [2.45, 2.75) is 5.41 Å². The van der Waals surface area contributed by atoms with Crippen LogP contribution in [-0.2, 0) is 5.41 Å². The van der Waals surface area contributed by atoms with Crippen LogP contribution < -0.4 is 4.90 Å². The molecule has 1 heterocycles. The van der Waals surface area contributed by atoms with Gasteiger partial charge in [0.2, 0.25) is 0 Å². The van der Waals surface area contributed by atoms with Crippen LogP contribution in [0, 0.1) is 0 Å². The number of para-hydroxylation sites is 3. The van der Waals surface area contributed by atoms with E-state index in [1.54, 1.807) is 0 Å². The molecule has 1 aliphatic rings. The van der Waals surface area contributed by atoms with E-state index in [-0.39, 0.29) is 0 Å². The molecule has 0 unspecified atom stereocenters. The van der Waals surface area contributed by atoms with Crippen LogP contribution >= 0.6 is 0 Å². The summed E-state index contributed by atoms with van der Waals surface area (Å²) in [5, 5.41) is 2.52. The minimum atomic E-state index is -0.512. The third kappa shape index (κ3) is 6.64. The molecule has 324 valence electrons. The summed E-state index contributed by atoms with van der Waals surface area (Å²) >= 11 is 0. The summed E-state index contributed by atoms with van der Waals surface area (Å²) < 4.78 is 2.42. The zero-order valence-electron chi connectivity index (χ0n) is 38.0. The van der Waals surface area contributed by atoms with Gasteiger partial charge in [-0.15, -0.1) is 0 Å². The molecule has 11 aromatic carbocycles. The third-order valence-corrected chi connectivity index (χ3v) is 14.3. The highest BCUT2D eigenvalue weighted by Gasteiger charge is 2.46. The Hall–Kier alpha value is -8.98. The number of anilines is 3. The summed E-state index contributed by atoms with van der Waals surface area (Å²) in [6.07, 6.45) is 0. The van der Waals surface area contributed by atoms with Crippen LogP contribution in [0.2, 0.25) is 0 Å². The zero-order valence-corrected chi connectivity index (χ0v) is 38.0. The number of hydrogen-bond acceptors (Lipinski definition) is 1. The Morgan fingerprint density at radius 3 is 1.36 bits per heavy atom. The van der Waals surface area contributed by atoms with Crippen molar-refractivity contribution in [2.24, 2.45) is 0 Å². The Morgan fingerprint density at radius 2 is 0.725 bits per heavy atom. The van der Waals surface area contributed by atoms with E-state index >= 15 is 0 Å². The van der Waals surface area contributed by atoms with Crippen molar-refractivity contribution < 1.29 is 0 Å². The molecule has 69 heavy (non-hydrogen) atoms. The van der Waals surface area contributed by atoms with Gasteiger partial charge in [-0.2, -0.15) is 0 Å². The van der Waals surface area contributed by atoms with Crippen LogP contribution in [0.5, 0.6) is 0 Å². The maximum atomic E-state index is 2.45. The fourth-order valence-corrected chi connectivity index (χ4v) is 11.2. The first kappa shape index (κ1) is 40.3. The monoisotopic (exact) mass is 878 g/mol. The molecule has 2 nitrogen and oxygen atoms in total. The molecular formula is C67H46N2. The Bertz CT molecular complexity index is 3720. The van der Waals surface area contributed by atoms with Gasteiger partial charge in [0.25, 0.3) is 0 Å². The second-order valence-electron chi connectivity index (χ2n) is 18.0. The third-order valence-electron chi connectivity index (χ3n) is 14.3. The van der Waals surface area contributed by atoms with Gasteiger partial charge in [0.1, 0.15) is 0 Å². The zero-order chi connectivity index (χ0) is 45.7. The van der Waals surface area contributed by atoms with E-state index in [1.165, 1.54) is 83.0 Å². The Kier molecular flexibility index (Phi) is 9.77. The summed E-state index contributed by atoms with van der Waals surface area (Å²) in [5.41, 5.74) is 21.0. The van der Waals surface area contributed by atoms with E-state index in [0.717, 1.165) is 28.3 Å². The molecule has 0 N–H and O–H groups in total. The fourth-order valence-electron chi connectivity index (χ4n) is 11.2. The molecule has 0 amide bonds. The van der Waals surface area contributed by atoms with Crippen LogP contribution in [0.25, 0.3) is 72.0 Å². The molecule has 0 atom stereocenters. The SMILES string of the molecule is c1ccc(-c2ccc(N(c3ccc(-c4cccc(-c5ccccc5-n5c6ccccc6c6ccccc65)c4)cc3)c3ccc4c(c3)C(c3ccccc3)(c3ccccc3)c3ccccc3-4)cc2)cc1. The minimum Gasteiger partial charge on any atom is -0.310 e. The van der Waals surface area contributed by atoms with Crippen LogP contribution in [0.4, 0.5) is 17.1 Å². The summed E-state index contributed by atoms with van der Waals surface area (Å²) in [4.78, 5) is 2.42. The molecule has 2 heteroatoms. The summed E-state index contributed by atoms with van der Waals surface area (Å²) in [5.74, 6) is 0. The summed E-state index contributed by atoms with van der Waals surface area (Å²) in [6, 6.07) is 102. The maximum absolute atomic E-state index is 2.45. The van der Waals surface area contributed by atoms with Gasteiger partial charge in [0.15, 0.2) is 0 Å². The van der Waals surface area contributed by atoms with Crippen molar-refractivity contribution in [3.8, 4) is 50.2 Å². The van der Waals surface area contributed by atoms with E-state index in [4.69, 9.17) is 0 Å². The standard InChI is InChI=1S/C67H46N2/c1-4-19-47(20-5-1)48-35-39-54(40-36-48)68(56-43-44-59-58-28-10-14-31-62(58)67(63(59)46-56,52-23-6-2-7-24-52)53-25-8-3-9-26-53)55-41-37-49(38-42-55)50-21-18-22-51(45-50)57-27-11-15-32-64(57)69-65-33-16-12-29-60(65)61-30-13-17-34-66(61)69/h1-46H. The predicted molar refractivity (Wildman–Crippen MR) is 289 cm³/mol. The normalized spacial score (nSPS) is 12.5. The molecule has 0 bridgehead atoms. The maximum Gasteiger partial charge on any atom is 0.0714 e. The first-order valence-corrected chi connectivity index (χ1v) is 23.8. The molecule has 1 aromatic heterocycles. The van der Waals surface area contributed by atoms with Gasteiger partial charge in [-0.25, -0.2) is 0 Å². The van der Waals surface area contributed by atoms with E-state index < -0.39 is 5.41 Å². The number of benzene rings is 11. The lowest BCUT2D eigenvalue weighted by atomic mass is 9.67. The number of aromatic nitrogens is 1. The topological polar surface area (TPSA) is 8.17 Å². The van der Waals surface area contributed by atoms with Crippen LogP contribution in [0.1, 0.15) is 22.3 Å². The van der Waals surface area contributed by atoms with Gasteiger partial charge in [-0.3, -0.25) is 0 Å². The van der Waals surface area contributed by atoms with Gasteiger partial charge in [0.05, 0.1) is 22.1 Å².